The second-order valence-corrected chi connectivity index (χ2v) is 8.43. The summed E-state index contributed by atoms with van der Waals surface area (Å²) in [5.74, 6) is -0.00258. The number of pyridine rings is 4. The molecule has 7 nitrogen and oxygen atoms in total. The van der Waals surface area contributed by atoms with Crippen LogP contribution in [0.5, 0.6) is 0 Å². The van der Waals surface area contributed by atoms with Crippen LogP contribution in [0.1, 0.15) is 6.42 Å². The molecule has 174 valence electrons. The number of halogens is 1. The fourth-order valence-electron chi connectivity index (χ4n) is 4.00. The fourth-order valence-corrected chi connectivity index (χ4v) is 4.00. The molecule has 0 aliphatic rings. The van der Waals surface area contributed by atoms with E-state index in [0.29, 0.717) is 41.4 Å². The minimum atomic E-state index is -0.362. The van der Waals surface area contributed by atoms with Gasteiger partial charge in [0.05, 0.1) is 11.4 Å². The van der Waals surface area contributed by atoms with Crippen LogP contribution in [-0.4, -0.2) is 51.4 Å². The molecular formula is C27H23FN6O. The van der Waals surface area contributed by atoms with Crippen LogP contribution in [0.2, 0.25) is 0 Å². The Morgan fingerprint density at radius 3 is 2.51 bits per heavy atom. The molecule has 0 aliphatic heterocycles. The summed E-state index contributed by atoms with van der Waals surface area (Å²) in [5, 5.41) is 5.28. The van der Waals surface area contributed by atoms with Crippen LogP contribution in [0, 0.1) is 5.82 Å². The predicted molar refractivity (Wildman–Crippen MR) is 135 cm³/mol. The third-order valence-electron chi connectivity index (χ3n) is 5.72. The molecule has 0 bridgehead atoms. The Kier molecular flexibility index (Phi) is 6.12. The van der Waals surface area contributed by atoms with E-state index in [0.717, 1.165) is 21.7 Å². The SMILES string of the molecule is CN(C)CCC(=O)Nc1nccc2c(-c3cc(-c4ccccc4F)nc4ncccc34)nccc12. The van der Waals surface area contributed by atoms with Crippen LogP contribution in [0.3, 0.4) is 0 Å². The smallest absolute Gasteiger partial charge is 0.226 e. The lowest BCUT2D eigenvalue weighted by atomic mass is 9.99. The molecule has 0 aliphatic carbocycles. The zero-order valence-electron chi connectivity index (χ0n) is 19.4. The molecule has 0 radical (unpaired) electrons. The van der Waals surface area contributed by atoms with Gasteiger partial charge >= 0.3 is 0 Å². The van der Waals surface area contributed by atoms with Crippen LogP contribution >= 0.6 is 0 Å². The molecule has 5 aromatic rings. The average molecular weight is 467 g/mol. The standard InChI is InChI=1S/C27H23FN6O/c1-34(2)15-11-24(35)33-27-19-10-13-29-25(17(19)9-14-31-27)21-16-23(20-6-3-4-8-22(20)28)32-26-18(21)7-5-12-30-26/h3-10,12-14,16H,11,15H2,1-2H3,(H,31,33,35). The van der Waals surface area contributed by atoms with Gasteiger partial charge in [-0.3, -0.25) is 9.78 Å². The summed E-state index contributed by atoms with van der Waals surface area (Å²) < 4.78 is 14.6. The Labute approximate surface area is 201 Å². The van der Waals surface area contributed by atoms with Crippen LogP contribution < -0.4 is 5.32 Å². The molecule has 1 N–H and O–H groups in total. The number of amides is 1. The number of nitrogens with one attached hydrogen (secondary N) is 1. The van der Waals surface area contributed by atoms with Crippen LogP contribution in [0.25, 0.3) is 44.3 Å². The van der Waals surface area contributed by atoms with Crippen molar-refractivity contribution in [1.29, 1.82) is 0 Å². The third-order valence-corrected chi connectivity index (χ3v) is 5.72. The van der Waals surface area contributed by atoms with E-state index < -0.39 is 0 Å². The van der Waals surface area contributed by atoms with Crippen molar-refractivity contribution in [2.24, 2.45) is 0 Å². The lowest BCUT2D eigenvalue weighted by Gasteiger charge is -2.14. The van der Waals surface area contributed by atoms with Crippen molar-refractivity contribution in [3.05, 3.63) is 79.0 Å². The number of aromatic nitrogens is 4. The number of fused-ring (bicyclic) bond motifs is 2. The number of benzene rings is 1. The van der Waals surface area contributed by atoms with E-state index in [-0.39, 0.29) is 11.7 Å². The highest BCUT2D eigenvalue weighted by Gasteiger charge is 2.17. The van der Waals surface area contributed by atoms with Gasteiger partial charge in [0.1, 0.15) is 11.6 Å². The second-order valence-electron chi connectivity index (χ2n) is 8.43. The molecule has 4 heterocycles. The summed E-state index contributed by atoms with van der Waals surface area (Å²) in [6.07, 6.45) is 5.34. The normalized spacial score (nSPS) is 11.3. The molecule has 0 fully saturated rings. The highest BCUT2D eigenvalue weighted by atomic mass is 19.1. The second kappa shape index (κ2) is 9.52. The Morgan fingerprint density at radius 2 is 1.69 bits per heavy atom. The summed E-state index contributed by atoms with van der Waals surface area (Å²) in [7, 11) is 3.84. The Balaban J connectivity index is 1.67. The summed E-state index contributed by atoms with van der Waals surface area (Å²) >= 11 is 0. The molecule has 1 aromatic carbocycles. The van der Waals surface area contributed by atoms with Crippen LogP contribution in [0.4, 0.5) is 10.2 Å². The molecule has 0 saturated heterocycles. The van der Waals surface area contributed by atoms with Crippen molar-refractivity contribution >= 4 is 33.5 Å². The van der Waals surface area contributed by atoms with E-state index in [1.807, 2.05) is 49.3 Å². The zero-order chi connectivity index (χ0) is 24.4. The summed E-state index contributed by atoms with van der Waals surface area (Å²) in [4.78, 5) is 32.5. The van der Waals surface area contributed by atoms with Gasteiger partial charge in [0.2, 0.25) is 5.91 Å². The number of hydrogen-bond donors (Lipinski definition) is 1. The fraction of sp³-hybridized carbons (Fsp3) is 0.148. The molecule has 0 spiro atoms. The van der Waals surface area contributed by atoms with Gasteiger partial charge in [0, 0.05) is 58.8 Å². The number of carbonyl (C=O) groups is 1. The molecular weight excluding hydrogens is 443 g/mol. The van der Waals surface area contributed by atoms with E-state index in [1.54, 1.807) is 36.8 Å². The summed E-state index contributed by atoms with van der Waals surface area (Å²) in [6, 6.07) is 15.8. The molecule has 0 saturated carbocycles. The topological polar surface area (TPSA) is 83.9 Å². The molecule has 35 heavy (non-hydrogen) atoms. The summed E-state index contributed by atoms with van der Waals surface area (Å²) in [5.41, 5.74) is 2.79. The average Bonchev–Trinajstić information content (AvgIpc) is 2.87. The van der Waals surface area contributed by atoms with Gasteiger partial charge in [0.15, 0.2) is 5.65 Å². The van der Waals surface area contributed by atoms with Gasteiger partial charge in [-0.1, -0.05) is 12.1 Å². The van der Waals surface area contributed by atoms with Crippen molar-refractivity contribution in [2.45, 2.75) is 6.42 Å². The maximum absolute atomic E-state index is 14.6. The highest BCUT2D eigenvalue weighted by molar-refractivity contribution is 6.08. The molecule has 5 rings (SSSR count). The maximum atomic E-state index is 14.6. The molecule has 8 heteroatoms. The predicted octanol–water partition coefficient (Wildman–Crippen LogP) is 4.94. The van der Waals surface area contributed by atoms with E-state index in [1.165, 1.54) is 6.07 Å². The van der Waals surface area contributed by atoms with E-state index in [9.17, 15) is 9.18 Å². The van der Waals surface area contributed by atoms with Crippen molar-refractivity contribution < 1.29 is 9.18 Å². The van der Waals surface area contributed by atoms with Gasteiger partial charge < -0.3 is 10.2 Å². The first kappa shape index (κ1) is 22.5. The van der Waals surface area contributed by atoms with Gasteiger partial charge in [-0.05, 0) is 56.6 Å². The number of anilines is 1. The first-order valence-electron chi connectivity index (χ1n) is 11.2. The number of rotatable bonds is 6. The van der Waals surface area contributed by atoms with Crippen molar-refractivity contribution in [1.82, 2.24) is 24.8 Å². The molecule has 1 amide bonds. The zero-order valence-corrected chi connectivity index (χ0v) is 19.4. The van der Waals surface area contributed by atoms with Crippen molar-refractivity contribution in [2.75, 3.05) is 26.0 Å². The quantitative estimate of drug-likeness (QED) is 0.382. The molecule has 4 aromatic heterocycles. The Hall–Kier alpha value is -4.30. The monoisotopic (exact) mass is 466 g/mol. The van der Waals surface area contributed by atoms with Gasteiger partial charge in [0.25, 0.3) is 0 Å². The first-order valence-corrected chi connectivity index (χ1v) is 11.2. The Bertz CT molecular complexity index is 1550. The lowest BCUT2D eigenvalue weighted by molar-refractivity contribution is -0.116. The van der Waals surface area contributed by atoms with Gasteiger partial charge in [-0.2, -0.15) is 0 Å². The van der Waals surface area contributed by atoms with Crippen LogP contribution in [0.15, 0.2) is 73.2 Å². The van der Waals surface area contributed by atoms with Crippen molar-refractivity contribution in [3.63, 3.8) is 0 Å². The lowest BCUT2D eigenvalue weighted by Crippen LogP contribution is -2.21. The minimum absolute atomic E-state index is 0.113. The summed E-state index contributed by atoms with van der Waals surface area (Å²) in [6.45, 7) is 0.637. The number of nitrogens with zero attached hydrogens (tertiary/aromatic N) is 5. The number of carbonyl (C=O) groups excluding carboxylic acids is 1. The van der Waals surface area contributed by atoms with E-state index >= 15 is 0 Å². The highest BCUT2D eigenvalue weighted by Crippen LogP contribution is 2.35. The molecule has 0 atom stereocenters. The van der Waals surface area contributed by atoms with Gasteiger partial charge in [-0.15, -0.1) is 0 Å². The third kappa shape index (κ3) is 4.56. The maximum Gasteiger partial charge on any atom is 0.226 e. The van der Waals surface area contributed by atoms with Crippen molar-refractivity contribution in [3.8, 4) is 22.5 Å². The first-order chi connectivity index (χ1) is 17.0. The minimum Gasteiger partial charge on any atom is -0.310 e. The van der Waals surface area contributed by atoms with Gasteiger partial charge in [-0.25, -0.2) is 19.3 Å². The van der Waals surface area contributed by atoms with E-state index in [2.05, 4.69) is 25.3 Å². The molecule has 0 unspecified atom stereocenters. The number of hydrogen-bond acceptors (Lipinski definition) is 6. The van der Waals surface area contributed by atoms with E-state index in [4.69, 9.17) is 0 Å². The Morgan fingerprint density at radius 1 is 0.886 bits per heavy atom. The largest absolute Gasteiger partial charge is 0.310 e. The van der Waals surface area contributed by atoms with Crippen LogP contribution in [-0.2, 0) is 4.79 Å².